The molecule has 2 nitrogen and oxygen atoms in total. The van der Waals surface area contributed by atoms with Crippen molar-refractivity contribution in [2.24, 2.45) is 5.73 Å². The quantitative estimate of drug-likeness (QED) is 0.658. The van der Waals surface area contributed by atoms with Gasteiger partial charge in [-0.05, 0) is 42.4 Å². The molecular formula is C7H10N2S. The number of rotatable bonds is 1. The third kappa shape index (κ3) is 0.777. The third-order valence-electron chi connectivity index (χ3n) is 2.13. The molecule has 10 heavy (non-hydrogen) atoms. The summed E-state index contributed by atoms with van der Waals surface area (Å²) in [7, 11) is 0. The topological polar surface area (TPSA) is 38.9 Å². The van der Waals surface area contributed by atoms with Crippen LogP contribution in [0.25, 0.3) is 0 Å². The van der Waals surface area contributed by atoms with E-state index in [1.165, 1.54) is 17.7 Å². The summed E-state index contributed by atoms with van der Waals surface area (Å²) in [5, 5.41) is 2.14. The molecule has 1 unspecified atom stereocenters. The van der Waals surface area contributed by atoms with Gasteiger partial charge in [-0.15, -0.1) is 0 Å². The molecule has 2 rings (SSSR count). The smallest absolute Gasteiger partial charge is 0.0577 e. The molecule has 0 amide bonds. The van der Waals surface area contributed by atoms with Gasteiger partial charge in [0, 0.05) is 5.38 Å². The average molecular weight is 154 g/mol. The van der Waals surface area contributed by atoms with Crippen LogP contribution in [0, 0.1) is 0 Å². The summed E-state index contributed by atoms with van der Waals surface area (Å²) < 4.78 is 4.28. The van der Waals surface area contributed by atoms with E-state index in [9.17, 15) is 0 Å². The second-order valence-electron chi connectivity index (χ2n) is 2.69. The lowest BCUT2D eigenvalue weighted by Gasteiger charge is -2.02. The zero-order valence-electron chi connectivity index (χ0n) is 5.71. The van der Waals surface area contributed by atoms with Crippen molar-refractivity contribution in [3.63, 3.8) is 0 Å². The maximum absolute atomic E-state index is 5.58. The Morgan fingerprint density at radius 2 is 2.70 bits per heavy atom. The summed E-state index contributed by atoms with van der Waals surface area (Å²) in [6.45, 7) is 0.783. The molecule has 1 atom stereocenters. The Kier molecular flexibility index (Phi) is 1.47. The number of fused-ring (bicyclic) bond motifs is 1. The van der Waals surface area contributed by atoms with Gasteiger partial charge in [-0.1, -0.05) is 0 Å². The van der Waals surface area contributed by atoms with Crippen LogP contribution in [-0.2, 0) is 6.42 Å². The van der Waals surface area contributed by atoms with Gasteiger partial charge in [0.15, 0.2) is 0 Å². The number of nitrogens with zero attached hydrogens (tertiary/aromatic N) is 1. The highest BCUT2D eigenvalue weighted by atomic mass is 32.1. The predicted octanol–water partition coefficient (Wildman–Crippen LogP) is 1.13. The molecule has 0 radical (unpaired) electrons. The molecule has 54 valence electrons. The SMILES string of the molecule is NCC1CCc2nscc21. The minimum absolute atomic E-state index is 0.605. The molecule has 0 spiro atoms. The lowest BCUT2D eigenvalue weighted by Crippen LogP contribution is -2.08. The molecule has 2 N–H and O–H groups in total. The molecule has 1 heterocycles. The monoisotopic (exact) mass is 154 g/mol. The molecule has 0 bridgehead atoms. The zero-order valence-corrected chi connectivity index (χ0v) is 6.53. The fraction of sp³-hybridized carbons (Fsp3) is 0.571. The molecule has 1 aliphatic carbocycles. The molecule has 0 saturated carbocycles. The first-order chi connectivity index (χ1) is 4.92. The summed E-state index contributed by atoms with van der Waals surface area (Å²) in [6, 6.07) is 0. The lowest BCUT2D eigenvalue weighted by molar-refractivity contribution is 0.688. The predicted molar refractivity (Wildman–Crippen MR) is 42.2 cm³/mol. The van der Waals surface area contributed by atoms with Crippen LogP contribution in [0.15, 0.2) is 5.38 Å². The molecule has 3 heteroatoms. The van der Waals surface area contributed by atoms with Crippen LogP contribution in [0.2, 0.25) is 0 Å². The molecule has 0 fully saturated rings. The van der Waals surface area contributed by atoms with Crippen LogP contribution in [0.4, 0.5) is 0 Å². The lowest BCUT2D eigenvalue weighted by atomic mass is 10.1. The molecule has 0 aliphatic heterocycles. The van der Waals surface area contributed by atoms with E-state index in [4.69, 9.17) is 5.73 Å². The Balaban J connectivity index is 2.34. The number of aromatic nitrogens is 1. The summed E-state index contributed by atoms with van der Waals surface area (Å²) in [5.41, 5.74) is 8.29. The van der Waals surface area contributed by atoms with Crippen molar-refractivity contribution in [1.29, 1.82) is 0 Å². The molecule has 0 aromatic carbocycles. The average Bonchev–Trinajstić information content (AvgIpc) is 2.44. The fourth-order valence-electron chi connectivity index (χ4n) is 1.50. The van der Waals surface area contributed by atoms with Gasteiger partial charge in [-0.3, -0.25) is 0 Å². The van der Waals surface area contributed by atoms with Gasteiger partial charge in [-0.25, -0.2) is 0 Å². The Morgan fingerprint density at radius 3 is 3.50 bits per heavy atom. The summed E-state index contributed by atoms with van der Waals surface area (Å²) in [5.74, 6) is 0.605. The van der Waals surface area contributed by atoms with Gasteiger partial charge >= 0.3 is 0 Å². The highest BCUT2D eigenvalue weighted by molar-refractivity contribution is 7.03. The molecule has 0 saturated heterocycles. The van der Waals surface area contributed by atoms with Crippen molar-refractivity contribution in [2.75, 3.05) is 6.54 Å². The van der Waals surface area contributed by atoms with E-state index in [-0.39, 0.29) is 0 Å². The van der Waals surface area contributed by atoms with Crippen molar-refractivity contribution < 1.29 is 0 Å². The van der Waals surface area contributed by atoms with Crippen molar-refractivity contribution >= 4 is 11.5 Å². The van der Waals surface area contributed by atoms with E-state index in [1.807, 2.05) is 0 Å². The molecule has 1 aromatic heterocycles. The van der Waals surface area contributed by atoms with Gasteiger partial charge in [0.2, 0.25) is 0 Å². The van der Waals surface area contributed by atoms with Crippen molar-refractivity contribution in [3.8, 4) is 0 Å². The Bertz CT molecular complexity index is 231. The van der Waals surface area contributed by atoms with E-state index in [1.54, 1.807) is 11.5 Å². The minimum Gasteiger partial charge on any atom is -0.330 e. The maximum atomic E-state index is 5.58. The third-order valence-corrected chi connectivity index (χ3v) is 2.81. The van der Waals surface area contributed by atoms with Gasteiger partial charge in [0.25, 0.3) is 0 Å². The van der Waals surface area contributed by atoms with Crippen LogP contribution >= 0.6 is 11.5 Å². The highest BCUT2D eigenvalue weighted by Crippen LogP contribution is 2.32. The number of nitrogens with two attached hydrogens (primary N) is 1. The fourth-order valence-corrected chi connectivity index (χ4v) is 2.32. The summed E-state index contributed by atoms with van der Waals surface area (Å²) >= 11 is 1.56. The first-order valence-electron chi connectivity index (χ1n) is 3.55. The van der Waals surface area contributed by atoms with Crippen LogP contribution < -0.4 is 5.73 Å². The van der Waals surface area contributed by atoms with Gasteiger partial charge in [0.1, 0.15) is 0 Å². The van der Waals surface area contributed by atoms with Crippen LogP contribution in [0.1, 0.15) is 23.6 Å². The number of hydrogen-bond acceptors (Lipinski definition) is 3. The van der Waals surface area contributed by atoms with Crippen LogP contribution in [0.3, 0.4) is 0 Å². The van der Waals surface area contributed by atoms with Gasteiger partial charge in [-0.2, -0.15) is 4.37 Å². The zero-order chi connectivity index (χ0) is 6.97. The van der Waals surface area contributed by atoms with Crippen LogP contribution in [0.5, 0.6) is 0 Å². The van der Waals surface area contributed by atoms with Gasteiger partial charge in [0.05, 0.1) is 5.69 Å². The minimum atomic E-state index is 0.605. The van der Waals surface area contributed by atoms with E-state index < -0.39 is 0 Å². The summed E-state index contributed by atoms with van der Waals surface area (Å²) in [4.78, 5) is 0. The number of aryl methyl sites for hydroxylation is 1. The Morgan fingerprint density at radius 1 is 1.80 bits per heavy atom. The van der Waals surface area contributed by atoms with Crippen molar-refractivity contribution in [1.82, 2.24) is 4.37 Å². The normalized spacial score (nSPS) is 23.1. The second kappa shape index (κ2) is 2.32. The molecule has 1 aliphatic rings. The van der Waals surface area contributed by atoms with E-state index in [0.29, 0.717) is 5.92 Å². The Labute approximate surface area is 64.2 Å². The molecular weight excluding hydrogens is 144 g/mol. The largest absolute Gasteiger partial charge is 0.330 e. The first-order valence-corrected chi connectivity index (χ1v) is 4.38. The standard InChI is InChI=1S/C7H10N2S/c8-3-5-1-2-7-6(5)4-10-9-7/h4-5H,1-3,8H2. The van der Waals surface area contributed by atoms with Crippen LogP contribution in [-0.4, -0.2) is 10.9 Å². The van der Waals surface area contributed by atoms with E-state index >= 15 is 0 Å². The highest BCUT2D eigenvalue weighted by Gasteiger charge is 2.22. The van der Waals surface area contributed by atoms with Crippen molar-refractivity contribution in [2.45, 2.75) is 18.8 Å². The summed E-state index contributed by atoms with van der Waals surface area (Å²) in [6.07, 6.45) is 2.35. The second-order valence-corrected chi connectivity index (χ2v) is 3.32. The van der Waals surface area contributed by atoms with E-state index in [2.05, 4.69) is 9.75 Å². The number of hydrogen-bond donors (Lipinski definition) is 1. The first kappa shape index (κ1) is 6.31. The van der Waals surface area contributed by atoms with Crippen molar-refractivity contribution in [3.05, 3.63) is 16.6 Å². The Hall–Kier alpha value is -0.410. The van der Waals surface area contributed by atoms with E-state index in [0.717, 1.165) is 13.0 Å². The van der Waals surface area contributed by atoms with Gasteiger partial charge < -0.3 is 5.73 Å². The maximum Gasteiger partial charge on any atom is 0.0577 e. The molecule has 1 aromatic rings.